The molecule has 0 spiro atoms. The molecule has 0 amide bonds. The zero-order valence-electron chi connectivity index (χ0n) is 14.6. The topological polar surface area (TPSA) is 45.3 Å². The zero-order chi connectivity index (χ0) is 18.0. The first-order chi connectivity index (χ1) is 11.8. The fourth-order valence-electron chi connectivity index (χ4n) is 4.54. The lowest BCUT2D eigenvalue weighted by atomic mass is 9.77. The Balaban J connectivity index is 1.44. The SMILES string of the molecule is CC1CNC(C2CNC(C3CCC(OC(F)(F)F)CC3)C(F)C2)NC1. The summed E-state index contributed by atoms with van der Waals surface area (Å²) >= 11 is 0. The standard InChI is InChI=1S/C17H29F4N3O/c1-10-7-23-16(24-8-10)12-6-14(18)15(22-9-12)11-2-4-13(5-3-11)25-17(19,20)21/h10-16,22-24H,2-9H2,1H3. The number of piperidine rings is 1. The predicted molar refractivity (Wildman–Crippen MR) is 86.6 cm³/mol. The van der Waals surface area contributed by atoms with E-state index in [4.69, 9.17) is 0 Å². The normalized spacial score (nSPS) is 43.8. The van der Waals surface area contributed by atoms with Crippen molar-refractivity contribution < 1.29 is 22.3 Å². The average molecular weight is 367 g/mol. The molecule has 4 nitrogen and oxygen atoms in total. The lowest BCUT2D eigenvalue weighted by Gasteiger charge is -2.43. The van der Waals surface area contributed by atoms with Gasteiger partial charge >= 0.3 is 6.36 Å². The van der Waals surface area contributed by atoms with Gasteiger partial charge in [0.05, 0.1) is 12.3 Å². The van der Waals surface area contributed by atoms with Crippen LogP contribution >= 0.6 is 0 Å². The smallest absolute Gasteiger partial charge is 0.311 e. The van der Waals surface area contributed by atoms with Crippen LogP contribution in [0.1, 0.15) is 39.0 Å². The number of hydrogen-bond donors (Lipinski definition) is 3. The Morgan fingerprint density at radius 3 is 2.08 bits per heavy atom. The summed E-state index contributed by atoms with van der Waals surface area (Å²) in [4.78, 5) is 0. The van der Waals surface area contributed by atoms with Crippen molar-refractivity contribution in [2.45, 2.75) is 69.9 Å². The maximum atomic E-state index is 14.8. The Kier molecular flexibility index (Phi) is 6.23. The Labute approximate surface area is 146 Å². The van der Waals surface area contributed by atoms with Crippen molar-refractivity contribution in [3.63, 3.8) is 0 Å². The molecule has 2 aliphatic heterocycles. The first kappa shape index (κ1) is 19.3. The highest BCUT2D eigenvalue weighted by Gasteiger charge is 2.41. The van der Waals surface area contributed by atoms with Gasteiger partial charge in [-0.1, -0.05) is 6.92 Å². The Morgan fingerprint density at radius 2 is 1.52 bits per heavy atom. The van der Waals surface area contributed by atoms with Crippen LogP contribution in [0.5, 0.6) is 0 Å². The van der Waals surface area contributed by atoms with E-state index in [1.54, 1.807) is 0 Å². The lowest BCUT2D eigenvalue weighted by molar-refractivity contribution is -0.345. The van der Waals surface area contributed by atoms with Crippen molar-refractivity contribution in [3.8, 4) is 0 Å². The Hall–Kier alpha value is -0.440. The van der Waals surface area contributed by atoms with Crippen LogP contribution in [0.2, 0.25) is 0 Å². The highest BCUT2D eigenvalue weighted by Crippen LogP contribution is 2.36. The van der Waals surface area contributed by atoms with Crippen molar-refractivity contribution in [2.75, 3.05) is 19.6 Å². The molecule has 0 aromatic heterocycles. The monoisotopic (exact) mass is 367 g/mol. The molecule has 0 aromatic rings. The predicted octanol–water partition coefficient (Wildman–Crippen LogP) is 2.55. The van der Waals surface area contributed by atoms with Crippen molar-refractivity contribution >= 4 is 0 Å². The van der Waals surface area contributed by atoms with E-state index in [0.29, 0.717) is 38.0 Å². The molecule has 3 unspecified atom stereocenters. The van der Waals surface area contributed by atoms with E-state index < -0.39 is 18.6 Å². The molecule has 0 radical (unpaired) electrons. The van der Waals surface area contributed by atoms with E-state index in [1.807, 2.05) is 0 Å². The van der Waals surface area contributed by atoms with Crippen molar-refractivity contribution in [1.82, 2.24) is 16.0 Å². The molecule has 3 aliphatic rings. The second-order valence-corrected chi connectivity index (χ2v) is 7.95. The van der Waals surface area contributed by atoms with Gasteiger partial charge in [0.1, 0.15) is 6.17 Å². The van der Waals surface area contributed by atoms with Gasteiger partial charge in [-0.25, -0.2) is 4.39 Å². The van der Waals surface area contributed by atoms with Gasteiger partial charge in [0.25, 0.3) is 0 Å². The number of rotatable bonds is 3. The maximum Gasteiger partial charge on any atom is 0.522 e. The van der Waals surface area contributed by atoms with Crippen LogP contribution in [-0.4, -0.2) is 50.5 Å². The van der Waals surface area contributed by atoms with Gasteiger partial charge in [-0.05, 0) is 43.9 Å². The van der Waals surface area contributed by atoms with Crippen LogP contribution in [0.3, 0.4) is 0 Å². The number of alkyl halides is 4. The average Bonchev–Trinajstić information content (AvgIpc) is 2.55. The number of hydrogen-bond acceptors (Lipinski definition) is 4. The van der Waals surface area contributed by atoms with Gasteiger partial charge in [0.15, 0.2) is 0 Å². The third-order valence-electron chi connectivity index (χ3n) is 5.90. The summed E-state index contributed by atoms with van der Waals surface area (Å²) in [5, 5.41) is 10.2. The summed E-state index contributed by atoms with van der Waals surface area (Å²) in [5.74, 6) is 0.871. The summed E-state index contributed by atoms with van der Waals surface area (Å²) in [6, 6.07) is -0.245. The molecule has 1 saturated carbocycles. The van der Waals surface area contributed by atoms with Crippen molar-refractivity contribution in [3.05, 3.63) is 0 Å². The third kappa shape index (κ3) is 5.28. The molecule has 146 valence electrons. The van der Waals surface area contributed by atoms with Crippen LogP contribution in [0.15, 0.2) is 0 Å². The Morgan fingerprint density at radius 1 is 0.880 bits per heavy atom. The molecule has 1 aliphatic carbocycles. The zero-order valence-corrected chi connectivity index (χ0v) is 14.6. The number of ether oxygens (including phenoxy) is 1. The van der Waals surface area contributed by atoms with Crippen LogP contribution in [-0.2, 0) is 4.74 Å². The first-order valence-corrected chi connectivity index (χ1v) is 9.40. The summed E-state index contributed by atoms with van der Waals surface area (Å²) in [6.45, 7) is 4.79. The largest absolute Gasteiger partial charge is 0.522 e. The molecule has 3 fully saturated rings. The van der Waals surface area contributed by atoms with Gasteiger partial charge < -0.3 is 16.0 Å². The van der Waals surface area contributed by atoms with Crippen molar-refractivity contribution in [1.29, 1.82) is 0 Å². The maximum absolute atomic E-state index is 14.8. The summed E-state index contributed by atoms with van der Waals surface area (Å²) in [6.07, 6.45) is -3.80. The highest BCUT2D eigenvalue weighted by molar-refractivity contribution is 4.95. The Bertz CT molecular complexity index is 421. The van der Waals surface area contributed by atoms with Gasteiger partial charge in [0, 0.05) is 31.6 Å². The second kappa shape index (κ2) is 8.06. The van der Waals surface area contributed by atoms with E-state index in [-0.39, 0.29) is 24.0 Å². The quantitative estimate of drug-likeness (QED) is 0.671. The van der Waals surface area contributed by atoms with Gasteiger partial charge in [0.2, 0.25) is 0 Å². The first-order valence-electron chi connectivity index (χ1n) is 9.40. The van der Waals surface area contributed by atoms with Gasteiger partial charge in [-0.15, -0.1) is 13.2 Å². The highest BCUT2D eigenvalue weighted by atomic mass is 19.4. The molecule has 8 heteroatoms. The molecular formula is C17H29F4N3O. The minimum Gasteiger partial charge on any atom is -0.311 e. The number of nitrogens with one attached hydrogen (secondary N) is 3. The summed E-state index contributed by atoms with van der Waals surface area (Å²) in [7, 11) is 0. The molecule has 2 saturated heterocycles. The van der Waals surface area contributed by atoms with Crippen LogP contribution in [0, 0.1) is 17.8 Å². The lowest BCUT2D eigenvalue weighted by Crippen LogP contribution is -2.62. The second-order valence-electron chi connectivity index (χ2n) is 7.95. The summed E-state index contributed by atoms with van der Waals surface area (Å²) in [5.41, 5.74) is 0. The van der Waals surface area contributed by atoms with Crippen LogP contribution in [0.4, 0.5) is 17.6 Å². The van der Waals surface area contributed by atoms with Gasteiger partial charge in [-0.3, -0.25) is 4.74 Å². The fraction of sp³-hybridized carbons (Fsp3) is 1.00. The van der Waals surface area contributed by atoms with E-state index in [2.05, 4.69) is 27.6 Å². The fourth-order valence-corrected chi connectivity index (χ4v) is 4.54. The van der Waals surface area contributed by atoms with Crippen molar-refractivity contribution in [2.24, 2.45) is 17.8 Å². The molecule has 0 bridgehead atoms. The van der Waals surface area contributed by atoms with E-state index in [0.717, 1.165) is 19.6 Å². The molecule has 3 atom stereocenters. The minimum atomic E-state index is -4.58. The van der Waals surface area contributed by atoms with E-state index in [1.165, 1.54) is 0 Å². The van der Waals surface area contributed by atoms with Gasteiger partial charge in [-0.2, -0.15) is 0 Å². The minimum absolute atomic E-state index is 0.0938. The third-order valence-corrected chi connectivity index (χ3v) is 5.90. The van der Waals surface area contributed by atoms with E-state index in [9.17, 15) is 17.6 Å². The molecule has 25 heavy (non-hydrogen) atoms. The molecular weight excluding hydrogens is 338 g/mol. The molecule has 3 N–H and O–H groups in total. The molecule has 2 heterocycles. The van der Waals surface area contributed by atoms with Crippen LogP contribution < -0.4 is 16.0 Å². The van der Waals surface area contributed by atoms with Crippen LogP contribution in [0.25, 0.3) is 0 Å². The number of halogens is 4. The molecule has 3 rings (SSSR count). The summed E-state index contributed by atoms with van der Waals surface area (Å²) < 4.78 is 55.7. The van der Waals surface area contributed by atoms with E-state index >= 15 is 0 Å². The molecule has 0 aromatic carbocycles.